The number of nitrogens with zero attached hydrogens (tertiary/aromatic N) is 2. The van der Waals surface area contributed by atoms with Crippen molar-refractivity contribution in [2.24, 2.45) is 0 Å². The van der Waals surface area contributed by atoms with Crippen LogP contribution in [0.3, 0.4) is 0 Å². The van der Waals surface area contributed by atoms with E-state index in [1.54, 1.807) is 12.1 Å². The molecule has 6 nitrogen and oxygen atoms in total. The van der Waals surface area contributed by atoms with Crippen molar-refractivity contribution in [3.8, 4) is 5.75 Å². The number of hydrogen-bond acceptors (Lipinski definition) is 6. The van der Waals surface area contributed by atoms with Crippen LogP contribution in [0.5, 0.6) is 5.75 Å². The van der Waals surface area contributed by atoms with Crippen LogP contribution in [0.1, 0.15) is 24.1 Å². The van der Waals surface area contributed by atoms with E-state index >= 15 is 0 Å². The molecule has 1 atom stereocenters. The van der Waals surface area contributed by atoms with Crippen LogP contribution in [0.2, 0.25) is 0 Å². The standard InChI is InChI=1S/C13H15N3O3/c14-10-3-1-2-4-11(10)18-8-12-15-13(16-19-12)9-5-6-17-7-9/h1-4,9H,5-8,14H2. The van der Waals surface area contributed by atoms with E-state index in [9.17, 15) is 0 Å². The molecular formula is C13H15N3O3. The Kier molecular flexibility index (Phi) is 3.33. The van der Waals surface area contributed by atoms with Gasteiger partial charge < -0.3 is 19.7 Å². The predicted octanol–water partition coefficient (Wildman–Crippen LogP) is 1.73. The topological polar surface area (TPSA) is 83.4 Å². The lowest BCUT2D eigenvalue weighted by atomic mass is 10.1. The Morgan fingerprint density at radius 1 is 1.37 bits per heavy atom. The Morgan fingerprint density at radius 3 is 3.05 bits per heavy atom. The molecule has 0 bridgehead atoms. The van der Waals surface area contributed by atoms with E-state index in [0.29, 0.717) is 29.8 Å². The lowest BCUT2D eigenvalue weighted by Crippen LogP contribution is -2.01. The Bertz CT molecular complexity index is 550. The molecule has 2 N–H and O–H groups in total. The molecule has 0 amide bonds. The second kappa shape index (κ2) is 5.27. The van der Waals surface area contributed by atoms with Gasteiger partial charge in [-0.05, 0) is 18.6 Å². The normalized spacial score (nSPS) is 18.6. The van der Waals surface area contributed by atoms with Gasteiger partial charge in [0.15, 0.2) is 12.4 Å². The maximum atomic E-state index is 5.78. The van der Waals surface area contributed by atoms with E-state index in [0.717, 1.165) is 13.0 Å². The van der Waals surface area contributed by atoms with Crippen LogP contribution in [-0.4, -0.2) is 23.4 Å². The number of rotatable bonds is 4. The van der Waals surface area contributed by atoms with Crippen molar-refractivity contribution in [2.75, 3.05) is 18.9 Å². The SMILES string of the molecule is Nc1ccccc1OCc1nc(C2CCOC2)no1. The second-order valence-electron chi connectivity index (χ2n) is 4.43. The van der Waals surface area contributed by atoms with Gasteiger partial charge in [0.1, 0.15) is 5.75 Å². The zero-order chi connectivity index (χ0) is 13.1. The molecule has 0 saturated carbocycles. The van der Waals surface area contributed by atoms with Gasteiger partial charge in [0.25, 0.3) is 5.89 Å². The molecule has 0 aliphatic carbocycles. The summed E-state index contributed by atoms with van der Waals surface area (Å²) in [5, 5.41) is 3.96. The van der Waals surface area contributed by atoms with Gasteiger partial charge in [0.2, 0.25) is 0 Å². The van der Waals surface area contributed by atoms with E-state index < -0.39 is 0 Å². The van der Waals surface area contributed by atoms with Gasteiger partial charge in [-0.25, -0.2) is 0 Å². The molecule has 2 aromatic rings. The summed E-state index contributed by atoms with van der Waals surface area (Å²) in [6, 6.07) is 7.30. The number of aromatic nitrogens is 2. The van der Waals surface area contributed by atoms with Crippen LogP contribution in [0.25, 0.3) is 0 Å². The number of nitrogens with two attached hydrogens (primary N) is 1. The second-order valence-corrected chi connectivity index (χ2v) is 4.43. The smallest absolute Gasteiger partial charge is 0.264 e. The number of ether oxygens (including phenoxy) is 2. The third-order valence-corrected chi connectivity index (χ3v) is 3.05. The molecule has 1 aliphatic heterocycles. The molecule has 100 valence electrons. The number of hydrogen-bond donors (Lipinski definition) is 1. The fraction of sp³-hybridized carbons (Fsp3) is 0.385. The van der Waals surface area contributed by atoms with Crippen molar-refractivity contribution in [2.45, 2.75) is 18.9 Å². The maximum Gasteiger partial charge on any atom is 0.264 e. The third-order valence-electron chi connectivity index (χ3n) is 3.05. The van der Waals surface area contributed by atoms with E-state index in [1.165, 1.54) is 0 Å². The average Bonchev–Trinajstić information content (AvgIpc) is 3.09. The quantitative estimate of drug-likeness (QED) is 0.844. The molecule has 0 radical (unpaired) electrons. The van der Waals surface area contributed by atoms with Gasteiger partial charge in [-0.1, -0.05) is 17.3 Å². The summed E-state index contributed by atoms with van der Waals surface area (Å²) in [5.74, 6) is 1.99. The zero-order valence-corrected chi connectivity index (χ0v) is 10.4. The summed E-state index contributed by atoms with van der Waals surface area (Å²) < 4.78 is 16.0. The maximum absolute atomic E-state index is 5.78. The molecule has 3 rings (SSSR count). The first kappa shape index (κ1) is 12.0. The molecule has 19 heavy (non-hydrogen) atoms. The Labute approximate surface area is 110 Å². The average molecular weight is 261 g/mol. The number of anilines is 1. The summed E-state index contributed by atoms with van der Waals surface area (Å²) in [4.78, 5) is 4.31. The minimum absolute atomic E-state index is 0.217. The van der Waals surface area contributed by atoms with Crippen molar-refractivity contribution >= 4 is 5.69 Å². The molecular weight excluding hydrogens is 246 g/mol. The zero-order valence-electron chi connectivity index (χ0n) is 10.4. The van der Waals surface area contributed by atoms with Gasteiger partial charge in [-0.15, -0.1) is 0 Å². The van der Waals surface area contributed by atoms with Gasteiger partial charge in [-0.2, -0.15) is 4.98 Å². The molecule has 1 unspecified atom stereocenters. The molecule has 6 heteroatoms. The van der Waals surface area contributed by atoms with Crippen LogP contribution < -0.4 is 10.5 Å². The molecule has 1 saturated heterocycles. The lowest BCUT2D eigenvalue weighted by molar-refractivity contribution is 0.192. The van der Waals surface area contributed by atoms with Crippen molar-refractivity contribution < 1.29 is 14.0 Å². The van der Waals surface area contributed by atoms with Crippen molar-refractivity contribution in [1.29, 1.82) is 0 Å². The largest absolute Gasteiger partial charge is 0.482 e. The fourth-order valence-electron chi connectivity index (χ4n) is 1.98. The predicted molar refractivity (Wildman–Crippen MR) is 67.7 cm³/mol. The van der Waals surface area contributed by atoms with Gasteiger partial charge in [0.05, 0.1) is 12.3 Å². The Morgan fingerprint density at radius 2 is 2.26 bits per heavy atom. The van der Waals surface area contributed by atoms with Gasteiger partial charge >= 0.3 is 0 Å². The number of para-hydroxylation sites is 2. The highest BCUT2D eigenvalue weighted by Gasteiger charge is 2.23. The Balaban J connectivity index is 1.63. The number of nitrogen functional groups attached to an aromatic ring is 1. The highest BCUT2D eigenvalue weighted by atomic mass is 16.5. The summed E-state index contributed by atoms with van der Waals surface area (Å²) in [7, 11) is 0. The van der Waals surface area contributed by atoms with Crippen LogP contribution in [0.4, 0.5) is 5.69 Å². The summed E-state index contributed by atoms with van der Waals surface area (Å²) >= 11 is 0. The molecule has 1 aliphatic rings. The summed E-state index contributed by atoms with van der Waals surface area (Å²) in [5.41, 5.74) is 6.37. The van der Waals surface area contributed by atoms with Crippen LogP contribution >= 0.6 is 0 Å². The van der Waals surface area contributed by atoms with Crippen LogP contribution in [0.15, 0.2) is 28.8 Å². The lowest BCUT2D eigenvalue weighted by Gasteiger charge is -2.05. The van der Waals surface area contributed by atoms with E-state index in [-0.39, 0.29) is 12.5 Å². The van der Waals surface area contributed by atoms with Crippen molar-refractivity contribution in [1.82, 2.24) is 10.1 Å². The molecule has 1 fully saturated rings. The summed E-state index contributed by atoms with van der Waals surface area (Å²) in [6.45, 7) is 1.63. The monoisotopic (exact) mass is 261 g/mol. The highest BCUT2D eigenvalue weighted by molar-refractivity contribution is 5.51. The number of benzene rings is 1. The minimum atomic E-state index is 0.217. The van der Waals surface area contributed by atoms with Crippen molar-refractivity contribution in [3.63, 3.8) is 0 Å². The molecule has 1 aromatic heterocycles. The van der Waals surface area contributed by atoms with Gasteiger partial charge in [0, 0.05) is 12.5 Å². The highest BCUT2D eigenvalue weighted by Crippen LogP contribution is 2.24. The van der Waals surface area contributed by atoms with E-state index in [1.807, 2.05) is 12.1 Å². The van der Waals surface area contributed by atoms with E-state index in [4.69, 9.17) is 19.7 Å². The summed E-state index contributed by atoms with van der Waals surface area (Å²) in [6.07, 6.45) is 0.936. The molecule has 0 spiro atoms. The fourth-order valence-corrected chi connectivity index (χ4v) is 1.98. The molecule has 2 heterocycles. The first-order valence-electron chi connectivity index (χ1n) is 6.20. The molecule has 1 aromatic carbocycles. The minimum Gasteiger partial charge on any atom is -0.482 e. The third kappa shape index (κ3) is 2.68. The van der Waals surface area contributed by atoms with Crippen LogP contribution in [-0.2, 0) is 11.3 Å². The Hall–Kier alpha value is -2.08. The van der Waals surface area contributed by atoms with Gasteiger partial charge in [-0.3, -0.25) is 0 Å². The first-order chi connectivity index (χ1) is 9.33. The van der Waals surface area contributed by atoms with E-state index in [2.05, 4.69) is 10.1 Å². The van der Waals surface area contributed by atoms with Crippen molar-refractivity contribution in [3.05, 3.63) is 36.0 Å². The first-order valence-corrected chi connectivity index (χ1v) is 6.20. The van der Waals surface area contributed by atoms with Crippen LogP contribution in [0, 0.1) is 0 Å².